The quantitative estimate of drug-likeness (QED) is 0.311. The molecular weight excluding hydrogens is 482 g/mol. The summed E-state index contributed by atoms with van der Waals surface area (Å²) in [5.74, 6) is -0.846. The third kappa shape index (κ3) is 7.83. The monoisotopic (exact) mass is 517 g/mol. The van der Waals surface area contributed by atoms with Crippen LogP contribution < -0.4 is 15.4 Å². The maximum absolute atomic E-state index is 12.9. The van der Waals surface area contributed by atoms with Crippen LogP contribution in [0.15, 0.2) is 66.7 Å². The Labute approximate surface area is 223 Å². The lowest BCUT2D eigenvalue weighted by atomic mass is 9.96. The summed E-state index contributed by atoms with van der Waals surface area (Å²) >= 11 is 0. The van der Waals surface area contributed by atoms with Crippen molar-refractivity contribution in [1.82, 2.24) is 4.90 Å². The average Bonchev–Trinajstić information content (AvgIpc) is 2.89. The minimum absolute atomic E-state index is 0.0765. The molecule has 0 radical (unpaired) electrons. The van der Waals surface area contributed by atoms with Crippen LogP contribution in [-0.2, 0) is 29.0 Å². The number of hydrogen-bond donors (Lipinski definition) is 3. The first-order chi connectivity index (χ1) is 18.2. The predicted octanol–water partition coefficient (Wildman–Crippen LogP) is 5.50. The number of likely N-dealkylation sites (N-methyl/N-ethyl adjacent to an activating group) is 1. The molecule has 38 heavy (non-hydrogen) atoms. The molecule has 0 aliphatic carbocycles. The van der Waals surface area contributed by atoms with Gasteiger partial charge in [-0.1, -0.05) is 55.5 Å². The van der Waals surface area contributed by atoms with Crippen molar-refractivity contribution in [3.05, 3.63) is 89.0 Å². The number of para-hydroxylation sites is 1. The van der Waals surface area contributed by atoms with E-state index in [1.165, 1.54) is 7.11 Å². The molecule has 200 valence electrons. The lowest BCUT2D eigenvalue weighted by molar-refractivity contribution is -0.141. The number of carbonyl (C=O) groups is 3. The van der Waals surface area contributed by atoms with E-state index in [1.54, 1.807) is 30.1 Å². The van der Waals surface area contributed by atoms with E-state index in [1.807, 2.05) is 62.4 Å². The van der Waals surface area contributed by atoms with E-state index >= 15 is 0 Å². The van der Waals surface area contributed by atoms with Crippen molar-refractivity contribution in [3.63, 3.8) is 0 Å². The Morgan fingerprint density at radius 3 is 2.32 bits per heavy atom. The minimum Gasteiger partial charge on any atom is -0.495 e. The van der Waals surface area contributed by atoms with Crippen LogP contribution in [-0.4, -0.2) is 42.1 Å². The number of methoxy groups -OCH3 is 1. The van der Waals surface area contributed by atoms with E-state index in [4.69, 9.17) is 4.74 Å². The molecule has 3 N–H and O–H groups in total. The van der Waals surface area contributed by atoms with Gasteiger partial charge in [0.05, 0.1) is 25.1 Å². The van der Waals surface area contributed by atoms with Gasteiger partial charge in [-0.2, -0.15) is 0 Å². The van der Waals surface area contributed by atoms with Gasteiger partial charge in [-0.15, -0.1) is 0 Å². The summed E-state index contributed by atoms with van der Waals surface area (Å²) in [5, 5.41) is 15.0. The lowest BCUT2D eigenvalue weighted by Gasteiger charge is -2.19. The fourth-order valence-corrected chi connectivity index (χ4v) is 4.16. The van der Waals surface area contributed by atoms with Crippen LogP contribution >= 0.6 is 0 Å². The van der Waals surface area contributed by atoms with Crippen molar-refractivity contribution in [2.45, 2.75) is 39.7 Å². The van der Waals surface area contributed by atoms with Crippen molar-refractivity contribution >= 4 is 29.3 Å². The smallest absolute Gasteiger partial charge is 0.323 e. The summed E-state index contributed by atoms with van der Waals surface area (Å²) < 4.78 is 5.46. The highest BCUT2D eigenvalue weighted by molar-refractivity contribution is 6.01. The van der Waals surface area contributed by atoms with E-state index in [-0.39, 0.29) is 12.3 Å². The van der Waals surface area contributed by atoms with Gasteiger partial charge in [0.25, 0.3) is 0 Å². The Balaban J connectivity index is 1.61. The fourth-order valence-electron chi connectivity index (χ4n) is 4.16. The van der Waals surface area contributed by atoms with Gasteiger partial charge in [-0.3, -0.25) is 9.59 Å². The third-order valence-corrected chi connectivity index (χ3v) is 6.42. The van der Waals surface area contributed by atoms with E-state index in [0.717, 1.165) is 22.3 Å². The second-order valence-electron chi connectivity index (χ2n) is 9.32. The maximum atomic E-state index is 12.9. The molecule has 0 spiro atoms. The van der Waals surface area contributed by atoms with Gasteiger partial charge in [0, 0.05) is 19.3 Å². The van der Waals surface area contributed by atoms with Crippen LogP contribution in [0, 0.1) is 12.8 Å². The number of benzene rings is 3. The van der Waals surface area contributed by atoms with Gasteiger partial charge in [-0.05, 0) is 60.2 Å². The number of carbonyl (C=O) groups excluding carboxylic acids is 2. The summed E-state index contributed by atoms with van der Waals surface area (Å²) in [4.78, 5) is 38.5. The molecule has 1 atom stereocenters. The Morgan fingerprint density at radius 2 is 1.63 bits per heavy atom. The van der Waals surface area contributed by atoms with Crippen LogP contribution in [0.2, 0.25) is 0 Å². The molecule has 3 aromatic carbocycles. The molecule has 0 saturated heterocycles. The van der Waals surface area contributed by atoms with Gasteiger partial charge in [0.1, 0.15) is 5.75 Å². The minimum atomic E-state index is -0.797. The number of hydrogen-bond acceptors (Lipinski definition) is 4. The van der Waals surface area contributed by atoms with Crippen molar-refractivity contribution < 1.29 is 24.2 Å². The molecule has 0 aliphatic rings. The summed E-state index contributed by atoms with van der Waals surface area (Å²) in [6, 6.07) is 20.0. The Bertz CT molecular complexity index is 1290. The normalized spacial score (nSPS) is 11.4. The van der Waals surface area contributed by atoms with Gasteiger partial charge >= 0.3 is 12.0 Å². The van der Waals surface area contributed by atoms with Crippen LogP contribution in [0.1, 0.15) is 35.6 Å². The second kappa shape index (κ2) is 13.3. The topological polar surface area (TPSA) is 108 Å². The number of ether oxygens (including phenoxy) is 1. The Hall–Kier alpha value is -4.33. The van der Waals surface area contributed by atoms with Crippen molar-refractivity contribution in [3.8, 4) is 5.75 Å². The zero-order valence-corrected chi connectivity index (χ0v) is 22.3. The number of amides is 3. The molecule has 0 saturated carbocycles. The number of nitrogens with zero attached hydrogens (tertiary/aromatic N) is 1. The highest BCUT2D eigenvalue weighted by Crippen LogP contribution is 2.27. The molecule has 1 unspecified atom stereocenters. The summed E-state index contributed by atoms with van der Waals surface area (Å²) in [6.45, 7) is 4.19. The van der Waals surface area contributed by atoms with Gasteiger partial charge in [0.2, 0.25) is 5.91 Å². The number of aryl methyl sites for hydroxylation is 1. The molecule has 0 fully saturated rings. The van der Waals surface area contributed by atoms with E-state index in [0.29, 0.717) is 36.5 Å². The van der Waals surface area contributed by atoms with Gasteiger partial charge in [-0.25, -0.2) is 4.79 Å². The zero-order chi connectivity index (χ0) is 27.7. The molecule has 0 aromatic heterocycles. The summed E-state index contributed by atoms with van der Waals surface area (Å²) in [5.41, 5.74) is 4.79. The molecular formula is C30H35N3O5. The summed E-state index contributed by atoms with van der Waals surface area (Å²) in [7, 11) is 3.25. The first kappa shape index (κ1) is 28.2. The number of aliphatic carboxylic acids is 1. The number of carboxylic acids is 1. The van der Waals surface area contributed by atoms with Crippen molar-refractivity contribution in [2.75, 3.05) is 24.8 Å². The second-order valence-corrected chi connectivity index (χ2v) is 9.32. The average molecular weight is 518 g/mol. The molecule has 0 aliphatic heterocycles. The SMILES string of the molecule is CCC(Cc1cccc(CN(C)C(=O)Cc2ccc(NC(=O)Nc3ccccc3C)c(OC)c2)c1)C(=O)O. The Kier molecular flexibility index (Phi) is 9.87. The zero-order valence-electron chi connectivity index (χ0n) is 22.3. The summed E-state index contributed by atoms with van der Waals surface area (Å²) in [6.07, 6.45) is 1.19. The molecule has 8 nitrogen and oxygen atoms in total. The van der Waals surface area contributed by atoms with Crippen LogP contribution in [0.4, 0.5) is 16.2 Å². The number of urea groups is 1. The molecule has 0 heterocycles. The van der Waals surface area contributed by atoms with Gasteiger partial charge in [0.15, 0.2) is 0 Å². The number of nitrogens with one attached hydrogen (secondary N) is 2. The fraction of sp³-hybridized carbons (Fsp3) is 0.300. The first-order valence-electron chi connectivity index (χ1n) is 12.5. The van der Waals surface area contributed by atoms with E-state index in [2.05, 4.69) is 10.6 Å². The molecule has 3 amide bonds. The lowest BCUT2D eigenvalue weighted by Crippen LogP contribution is -2.27. The molecule has 3 rings (SSSR count). The van der Waals surface area contributed by atoms with Crippen molar-refractivity contribution in [1.29, 1.82) is 0 Å². The Morgan fingerprint density at radius 1 is 0.921 bits per heavy atom. The highest BCUT2D eigenvalue weighted by Gasteiger charge is 2.17. The predicted molar refractivity (Wildman–Crippen MR) is 149 cm³/mol. The largest absolute Gasteiger partial charge is 0.495 e. The highest BCUT2D eigenvalue weighted by atomic mass is 16.5. The molecule has 0 bridgehead atoms. The standard InChI is InChI=1S/C30H35N3O5/c1-5-24(29(35)36)16-21-10-8-11-23(15-21)19-33(3)28(34)18-22-13-14-26(27(17-22)38-4)32-30(37)31-25-12-7-6-9-20(25)2/h6-15,17,24H,5,16,18-19H2,1-4H3,(H,35,36)(H2,31,32,37). The van der Waals surface area contributed by atoms with E-state index in [9.17, 15) is 19.5 Å². The molecule has 3 aromatic rings. The van der Waals surface area contributed by atoms with Gasteiger partial charge < -0.3 is 25.4 Å². The number of anilines is 2. The van der Waals surface area contributed by atoms with Crippen LogP contribution in [0.5, 0.6) is 5.75 Å². The van der Waals surface area contributed by atoms with Crippen LogP contribution in [0.3, 0.4) is 0 Å². The first-order valence-corrected chi connectivity index (χ1v) is 12.5. The number of carboxylic acid groups (broad SMARTS) is 1. The number of rotatable bonds is 11. The maximum Gasteiger partial charge on any atom is 0.323 e. The third-order valence-electron chi connectivity index (χ3n) is 6.42. The van der Waals surface area contributed by atoms with E-state index < -0.39 is 17.9 Å². The van der Waals surface area contributed by atoms with Crippen molar-refractivity contribution in [2.24, 2.45) is 5.92 Å². The molecule has 8 heteroatoms. The van der Waals surface area contributed by atoms with Crippen LogP contribution in [0.25, 0.3) is 0 Å².